The van der Waals surface area contributed by atoms with Gasteiger partial charge < -0.3 is 14.7 Å². The van der Waals surface area contributed by atoms with Gasteiger partial charge in [0.25, 0.3) is 11.8 Å². The summed E-state index contributed by atoms with van der Waals surface area (Å²) in [4.78, 5) is 26.7. The molecule has 3 heterocycles. The number of nitrogens with zero attached hydrogens (tertiary/aromatic N) is 4. The predicted molar refractivity (Wildman–Crippen MR) is 94.8 cm³/mol. The first kappa shape index (κ1) is 18.2. The van der Waals surface area contributed by atoms with Crippen molar-refractivity contribution in [1.29, 1.82) is 0 Å². The molecule has 1 fully saturated rings. The van der Waals surface area contributed by atoms with Crippen LogP contribution in [0.3, 0.4) is 0 Å². The van der Waals surface area contributed by atoms with Gasteiger partial charge in [-0.3, -0.25) is 14.3 Å². The molecule has 0 saturated carbocycles. The Hall–Kier alpha value is -2.64. The van der Waals surface area contributed by atoms with E-state index in [0.717, 1.165) is 18.5 Å². The van der Waals surface area contributed by atoms with Gasteiger partial charge in [-0.2, -0.15) is 5.10 Å². The Labute approximate surface area is 152 Å². The highest BCUT2D eigenvalue weighted by atomic mass is 16.5. The zero-order valence-corrected chi connectivity index (χ0v) is 15.5. The molecule has 8 heteroatoms. The lowest BCUT2D eigenvalue weighted by molar-refractivity contribution is 0.0681. The fraction of sp³-hybridized carbons (Fsp3) is 0.556. The molecule has 1 aliphatic rings. The third-order valence-corrected chi connectivity index (χ3v) is 4.90. The molecule has 0 bridgehead atoms. The van der Waals surface area contributed by atoms with E-state index in [9.17, 15) is 9.59 Å². The van der Waals surface area contributed by atoms with Gasteiger partial charge >= 0.3 is 0 Å². The van der Waals surface area contributed by atoms with Crippen molar-refractivity contribution >= 4 is 11.8 Å². The van der Waals surface area contributed by atoms with Crippen molar-refractivity contribution < 1.29 is 14.1 Å². The Balaban J connectivity index is 1.50. The predicted octanol–water partition coefficient (Wildman–Crippen LogP) is 1.56. The molecule has 0 spiro atoms. The number of carbonyl (C=O) groups is 2. The van der Waals surface area contributed by atoms with Gasteiger partial charge in [-0.05, 0) is 32.1 Å². The van der Waals surface area contributed by atoms with E-state index < -0.39 is 0 Å². The monoisotopic (exact) mass is 359 g/mol. The molecule has 1 saturated heterocycles. The maximum Gasteiger partial charge on any atom is 0.259 e. The Kier molecular flexibility index (Phi) is 5.39. The second-order valence-electron chi connectivity index (χ2n) is 6.76. The number of amides is 2. The first-order valence-electron chi connectivity index (χ1n) is 9.00. The summed E-state index contributed by atoms with van der Waals surface area (Å²) >= 11 is 0. The molecular weight excluding hydrogens is 334 g/mol. The summed E-state index contributed by atoms with van der Waals surface area (Å²) in [6.07, 6.45) is 5.66. The van der Waals surface area contributed by atoms with Crippen LogP contribution in [0.25, 0.3) is 0 Å². The summed E-state index contributed by atoms with van der Waals surface area (Å²) in [5.41, 5.74) is 1.89. The topological polar surface area (TPSA) is 93.3 Å². The quantitative estimate of drug-likeness (QED) is 0.874. The number of rotatable bonds is 5. The highest BCUT2D eigenvalue weighted by molar-refractivity contribution is 5.96. The van der Waals surface area contributed by atoms with E-state index in [2.05, 4.69) is 15.6 Å². The summed E-state index contributed by atoms with van der Waals surface area (Å²) in [7, 11) is 1.78. The van der Waals surface area contributed by atoms with Crippen molar-refractivity contribution in [2.45, 2.75) is 33.1 Å². The SMILES string of the molecule is CCc1noc(C)c1C(=O)N1CCC(CNC(=O)c2cnn(C)c2)CC1. The van der Waals surface area contributed by atoms with Crippen LogP contribution in [-0.4, -0.2) is 51.3 Å². The van der Waals surface area contributed by atoms with E-state index >= 15 is 0 Å². The van der Waals surface area contributed by atoms with Gasteiger partial charge in [0, 0.05) is 32.9 Å². The minimum atomic E-state index is -0.107. The molecule has 140 valence electrons. The van der Waals surface area contributed by atoms with Crippen molar-refractivity contribution in [2.75, 3.05) is 19.6 Å². The standard InChI is InChI=1S/C18H25N5O3/c1-4-15-16(12(2)26-21-15)18(25)23-7-5-13(6-8-23)9-19-17(24)14-10-20-22(3)11-14/h10-11,13H,4-9H2,1-3H3,(H,19,24). The second-order valence-corrected chi connectivity index (χ2v) is 6.76. The molecule has 2 amide bonds. The molecule has 0 radical (unpaired) electrons. The zero-order chi connectivity index (χ0) is 18.7. The molecule has 2 aromatic heterocycles. The van der Waals surface area contributed by atoms with Crippen molar-refractivity contribution in [3.63, 3.8) is 0 Å². The largest absolute Gasteiger partial charge is 0.361 e. The van der Waals surface area contributed by atoms with Crippen LogP contribution < -0.4 is 5.32 Å². The average Bonchev–Trinajstić information content (AvgIpc) is 3.25. The van der Waals surface area contributed by atoms with Gasteiger partial charge in [-0.25, -0.2) is 0 Å². The summed E-state index contributed by atoms with van der Waals surface area (Å²) in [6.45, 7) is 5.72. The molecule has 3 rings (SSSR count). The molecule has 26 heavy (non-hydrogen) atoms. The van der Waals surface area contributed by atoms with Gasteiger partial charge in [-0.15, -0.1) is 0 Å². The Morgan fingerprint density at radius 2 is 2.08 bits per heavy atom. The van der Waals surface area contributed by atoms with E-state index in [1.165, 1.54) is 0 Å². The van der Waals surface area contributed by atoms with Crippen LogP contribution in [0.4, 0.5) is 0 Å². The molecule has 0 unspecified atom stereocenters. The minimum absolute atomic E-state index is 0.00144. The first-order valence-corrected chi connectivity index (χ1v) is 9.00. The zero-order valence-electron chi connectivity index (χ0n) is 15.5. The molecule has 0 aliphatic carbocycles. The molecule has 0 atom stereocenters. The molecule has 0 aromatic carbocycles. The number of nitrogens with one attached hydrogen (secondary N) is 1. The lowest BCUT2D eigenvalue weighted by Gasteiger charge is -2.32. The summed E-state index contributed by atoms with van der Waals surface area (Å²) < 4.78 is 6.78. The molecule has 1 N–H and O–H groups in total. The maximum absolute atomic E-state index is 12.8. The van der Waals surface area contributed by atoms with Crippen LogP contribution in [0.15, 0.2) is 16.9 Å². The molecule has 8 nitrogen and oxygen atoms in total. The van der Waals surface area contributed by atoms with E-state index in [1.54, 1.807) is 31.0 Å². The van der Waals surface area contributed by atoms with E-state index in [4.69, 9.17) is 4.52 Å². The molecular formula is C18H25N5O3. The number of hydrogen-bond donors (Lipinski definition) is 1. The smallest absolute Gasteiger partial charge is 0.259 e. The first-order chi connectivity index (χ1) is 12.5. The number of likely N-dealkylation sites (tertiary alicyclic amines) is 1. The normalized spacial score (nSPS) is 15.3. The lowest BCUT2D eigenvalue weighted by Crippen LogP contribution is -2.41. The lowest BCUT2D eigenvalue weighted by atomic mass is 9.96. The number of piperidine rings is 1. The van der Waals surface area contributed by atoms with Crippen molar-refractivity contribution in [3.05, 3.63) is 35.0 Å². The fourth-order valence-electron chi connectivity index (χ4n) is 3.31. The Morgan fingerprint density at radius 3 is 2.69 bits per heavy atom. The highest BCUT2D eigenvalue weighted by Gasteiger charge is 2.28. The molecule has 2 aromatic rings. The van der Waals surface area contributed by atoms with Gasteiger partial charge in [0.15, 0.2) is 0 Å². The summed E-state index contributed by atoms with van der Waals surface area (Å²) in [5.74, 6) is 0.842. The Bertz CT molecular complexity index is 787. The van der Waals surface area contributed by atoms with E-state index in [0.29, 0.717) is 48.9 Å². The number of aromatic nitrogens is 3. The minimum Gasteiger partial charge on any atom is -0.361 e. The Morgan fingerprint density at radius 1 is 1.35 bits per heavy atom. The van der Waals surface area contributed by atoms with Crippen molar-refractivity contribution in [1.82, 2.24) is 25.2 Å². The van der Waals surface area contributed by atoms with Crippen LogP contribution >= 0.6 is 0 Å². The van der Waals surface area contributed by atoms with Crippen LogP contribution in [0.5, 0.6) is 0 Å². The van der Waals surface area contributed by atoms with Gasteiger partial charge in [-0.1, -0.05) is 12.1 Å². The number of aryl methyl sites for hydroxylation is 3. The van der Waals surface area contributed by atoms with Crippen LogP contribution in [0.1, 0.15) is 51.9 Å². The highest BCUT2D eigenvalue weighted by Crippen LogP contribution is 2.22. The van der Waals surface area contributed by atoms with Gasteiger partial charge in [0.05, 0.1) is 17.5 Å². The summed E-state index contributed by atoms with van der Waals surface area (Å²) in [5, 5.41) is 10.9. The van der Waals surface area contributed by atoms with E-state index in [1.807, 2.05) is 11.8 Å². The average molecular weight is 359 g/mol. The summed E-state index contributed by atoms with van der Waals surface area (Å²) in [6, 6.07) is 0. The fourth-order valence-corrected chi connectivity index (χ4v) is 3.31. The second kappa shape index (κ2) is 7.72. The maximum atomic E-state index is 12.8. The third-order valence-electron chi connectivity index (χ3n) is 4.90. The van der Waals surface area contributed by atoms with Crippen molar-refractivity contribution in [3.8, 4) is 0 Å². The van der Waals surface area contributed by atoms with E-state index in [-0.39, 0.29) is 11.8 Å². The van der Waals surface area contributed by atoms with Gasteiger partial charge in [0.2, 0.25) is 0 Å². The number of hydrogen-bond acceptors (Lipinski definition) is 5. The van der Waals surface area contributed by atoms with Crippen LogP contribution in [0.2, 0.25) is 0 Å². The van der Waals surface area contributed by atoms with Crippen molar-refractivity contribution in [2.24, 2.45) is 13.0 Å². The number of carbonyl (C=O) groups excluding carboxylic acids is 2. The third kappa shape index (κ3) is 3.79. The molecule has 1 aliphatic heterocycles. The van der Waals surface area contributed by atoms with Crippen LogP contribution in [0, 0.1) is 12.8 Å². The van der Waals surface area contributed by atoms with Crippen LogP contribution in [-0.2, 0) is 13.5 Å². The van der Waals surface area contributed by atoms with Gasteiger partial charge in [0.1, 0.15) is 11.3 Å².